The predicted octanol–water partition coefficient (Wildman–Crippen LogP) is 3.75. The Morgan fingerprint density at radius 3 is 2.48 bits per heavy atom. The van der Waals surface area contributed by atoms with Gasteiger partial charge in [-0.15, -0.1) is 24.8 Å². The van der Waals surface area contributed by atoms with E-state index in [4.69, 9.17) is 9.47 Å². The Morgan fingerprint density at radius 1 is 1.27 bits per heavy atom. The van der Waals surface area contributed by atoms with Crippen LogP contribution in [0.1, 0.15) is 32.0 Å². The molecule has 2 aliphatic heterocycles. The minimum atomic E-state index is -4.63. The van der Waals surface area contributed by atoms with Gasteiger partial charge in [-0.25, -0.2) is 4.79 Å². The van der Waals surface area contributed by atoms with Crippen LogP contribution in [0, 0.1) is 5.41 Å². The maximum absolute atomic E-state index is 13.1. The highest BCUT2D eigenvalue weighted by Gasteiger charge is 2.47. The van der Waals surface area contributed by atoms with Crippen molar-refractivity contribution in [1.29, 1.82) is 0 Å². The zero-order valence-corrected chi connectivity index (χ0v) is 20.2. The summed E-state index contributed by atoms with van der Waals surface area (Å²) in [6, 6.07) is 0.788. The van der Waals surface area contributed by atoms with Crippen molar-refractivity contribution in [1.82, 2.24) is 15.2 Å². The summed E-state index contributed by atoms with van der Waals surface area (Å²) in [5.41, 5.74) is -1.68. The van der Waals surface area contributed by atoms with Gasteiger partial charge in [-0.05, 0) is 6.07 Å². The standard InChI is InChI=1S/C20H25F3N4O4.2ClH/c1-18(2,3)16(28)26-14-5-12(20(21,22)23)7-25-15(14)9-31-17(29)27-8-13-6-24-10-19(13,11-27)30-4;;/h5-7,24H,8-11H2,1-4H3,(H,26,28);2*1H. The zero-order valence-electron chi connectivity index (χ0n) is 18.5. The fourth-order valence-corrected chi connectivity index (χ4v) is 3.30. The molecule has 1 saturated heterocycles. The summed E-state index contributed by atoms with van der Waals surface area (Å²) in [6.45, 7) is 5.62. The van der Waals surface area contributed by atoms with E-state index >= 15 is 0 Å². The number of rotatable bonds is 4. The Bertz CT molecular complexity index is 922. The maximum atomic E-state index is 13.1. The van der Waals surface area contributed by atoms with E-state index in [1.165, 1.54) is 4.90 Å². The molecule has 186 valence electrons. The second kappa shape index (κ2) is 10.4. The van der Waals surface area contributed by atoms with E-state index < -0.39 is 41.4 Å². The van der Waals surface area contributed by atoms with Crippen LogP contribution in [-0.2, 0) is 27.1 Å². The Morgan fingerprint density at radius 2 is 1.94 bits per heavy atom. The molecular formula is C20H27Cl2F3N4O4. The quantitative estimate of drug-likeness (QED) is 0.635. The monoisotopic (exact) mass is 514 g/mol. The Labute approximate surface area is 202 Å². The number of alkyl halides is 3. The number of methoxy groups -OCH3 is 1. The van der Waals surface area contributed by atoms with Crippen LogP contribution in [0.25, 0.3) is 0 Å². The molecule has 1 fully saturated rings. The number of carbonyl (C=O) groups excluding carboxylic acids is 2. The molecule has 1 aromatic rings. The SMILES string of the molecule is COC12CNC=C1CN(C(=O)OCc1ncc(C(F)(F)F)cc1NC(=O)C(C)(C)C)C2.Cl.Cl. The smallest absolute Gasteiger partial charge is 0.417 e. The number of hydrogen-bond donors (Lipinski definition) is 2. The van der Waals surface area contributed by atoms with Crippen LogP contribution in [0.5, 0.6) is 0 Å². The molecule has 1 aromatic heterocycles. The van der Waals surface area contributed by atoms with Crippen LogP contribution < -0.4 is 10.6 Å². The first-order chi connectivity index (χ1) is 14.4. The first-order valence-corrected chi connectivity index (χ1v) is 9.63. The Kier molecular flexibility index (Phi) is 9.03. The minimum absolute atomic E-state index is 0. The lowest BCUT2D eigenvalue weighted by molar-refractivity contribution is -0.137. The fourth-order valence-electron chi connectivity index (χ4n) is 3.30. The fraction of sp³-hybridized carbons (Fsp3) is 0.550. The van der Waals surface area contributed by atoms with Gasteiger partial charge < -0.3 is 25.0 Å². The third-order valence-corrected chi connectivity index (χ3v) is 5.26. The van der Waals surface area contributed by atoms with Crippen molar-refractivity contribution in [3.8, 4) is 0 Å². The van der Waals surface area contributed by atoms with Crippen molar-refractivity contribution in [2.24, 2.45) is 5.41 Å². The number of halogens is 5. The number of nitrogens with one attached hydrogen (secondary N) is 2. The summed E-state index contributed by atoms with van der Waals surface area (Å²) < 4.78 is 50.2. The van der Waals surface area contributed by atoms with E-state index in [0.29, 0.717) is 19.3 Å². The molecule has 13 heteroatoms. The number of anilines is 1. The Hall–Kier alpha value is -2.24. The number of hydrogen-bond acceptors (Lipinski definition) is 6. The van der Waals surface area contributed by atoms with E-state index in [2.05, 4.69) is 15.6 Å². The topological polar surface area (TPSA) is 92.8 Å². The summed E-state index contributed by atoms with van der Waals surface area (Å²) in [4.78, 5) is 30.1. The lowest BCUT2D eigenvalue weighted by Gasteiger charge is -2.24. The number of pyridine rings is 1. The predicted molar refractivity (Wildman–Crippen MR) is 119 cm³/mol. The van der Waals surface area contributed by atoms with E-state index in [1.54, 1.807) is 34.1 Å². The van der Waals surface area contributed by atoms with E-state index in [0.717, 1.165) is 11.6 Å². The lowest BCUT2D eigenvalue weighted by Crippen LogP contribution is -2.42. The van der Waals surface area contributed by atoms with Crippen molar-refractivity contribution in [3.05, 3.63) is 35.3 Å². The summed E-state index contributed by atoms with van der Waals surface area (Å²) in [6.07, 6.45) is -2.84. The molecule has 1 atom stereocenters. The molecule has 33 heavy (non-hydrogen) atoms. The molecule has 0 bridgehead atoms. The molecule has 1 unspecified atom stereocenters. The molecule has 2 aliphatic rings. The number of nitrogens with zero attached hydrogens (tertiary/aromatic N) is 2. The van der Waals surface area contributed by atoms with Crippen molar-refractivity contribution in [3.63, 3.8) is 0 Å². The average Bonchev–Trinajstić information content (AvgIpc) is 3.22. The van der Waals surface area contributed by atoms with E-state index in [-0.39, 0.29) is 42.7 Å². The highest BCUT2D eigenvalue weighted by Crippen LogP contribution is 2.34. The molecule has 0 aromatic carbocycles. The van der Waals surface area contributed by atoms with Gasteiger partial charge in [0, 0.05) is 43.6 Å². The summed E-state index contributed by atoms with van der Waals surface area (Å²) in [7, 11) is 1.56. The van der Waals surface area contributed by atoms with Crippen molar-refractivity contribution >= 4 is 42.5 Å². The normalized spacial score (nSPS) is 19.5. The minimum Gasteiger partial charge on any atom is -0.443 e. The van der Waals surface area contributed by atoms with Gasteiger partial charge in [-0.1, -0.05) is 20.8 Å². The van der Waals surface area contributed by atoms with E-state index in [9.17, 15) is 22.8 Å². The largest absolute Gasteiger partial charge is 0.443 e. The average molecular weight is 515 g/mol. The van der Waals surface area contributed by atoms with Crippen LogP contribution in [-0.4, -0.2) is 54.2 Å². The third kappa shape index (κ3) is 6.21. The molecule has 2 N–H and O–H groups in total. The molecule has 3 heterocycles. The molecule has 2 amide bonds. The number of amides is 2. The second-order valence-corrected chi connectivity index (χ2v) is 8.58. The molecule has 8 nitrogen and oxygen atoms in total. The summed E-state index contributed by atoms with van der Waals surface area (Å²) in [5, 5.41) is 5.54. The van der Waals surface area contributed by atoms with Gasteiger partial charge in [0.2, 0.25) is 5.91 Å². The van der Waals surface area contributed by atoms with Crippen LogP contribution >= 0.6 is 24.8 Å². The van der Waals surface area contributed by atoms with Gasteiger partial charge in [-0.3, -0.25) is 9.78 Å². The maximum Gasteiger partial charge on any atom is 0.417 e. The molecule has 0 aliphatic carbocycles. The number of ether oxygens (including phenoxy) is 2. The Balaban J connectivity index is 0.00000272. The highest BCUT2D eigenvalue weighted by atomic mass is 35.5. The van der Waals surface area contributed by atoms with Crippen molar-refractivity contribution in [2.75, 3.05) is 32.1 Å². The number of carbonyl (C=O) groups is 2. The van der Waals surface area contributed by atoms with Crippen molar-refractivity contribution < 1.29 is 32.2 Å². The first kappa shape index (κ1) is 28.8. The third-order valence-electron chi connectivity index (χ3n) is 5.26. The van der Waals surface area contributed by atoms with Gasteiger partial charge in [0.15, 0.2) is 0 Å². The van der Waals surface area contributed by atoms with Crippen LogP contribution in [0.2, 0.25) is 0 Å². The van der Waals surface area contributed by atoms with Crippen LogP contribution in [0.15, 0.2) is 24.0 Å². The van der Waals surface area contributed by atoms with Crippen LogP contribution in [0.4, 0.5) is 23.7 Å². The van der Waals surface area contributed by atoms with Gasteiger partial charge in [-0.2, -0.15) is 13.2 Å². The van der Waals surface area contributed by atoms with Gasteiger partial charge in [0.1, 0.15) is 17.9 Å². The molecule has 0 spiro atoms. The highest BCUT2D eigenvalue weighted by molar-refractivity contribution is 5.95. The lowest BCUT2D eigenvalue weighted by atomic mass is 9.95. The van der Waals surface area contributed by atoms with Gasteiger partial charge >= 0.3 is 12.3 Å². The molecule has 0 saturated carbocycles. The number of aromatic nitrogens is 1. The van der Waals surface area contributed by atoms with Gasteiger partial charge in [0.25, 0.3) is 0 Å². The number of likely N-dealkylation sites (tertiary alicyclic amines) is 1. The molecule has 0 radical (unpaired) electrons. The summed E-state index contributed by atoms with van der Waals surface area (Å²) in [5.74, 6) is -0.491. The van der Waals surface area contributed by atoms with E-state index in [1.807, 2.05) is 0 Å². The zero-order chi connectivity index (χ0) is 23.0. The number of fused-ring (bicyclic) bond motifs is 1. The first-order valence-electron chi connectivity index (χ1n) is 9.63. The molecular weight excluding hydrogens is 488 g/mol. The second-order valence-electron chi connectivity index (χ2n) is 8.58. The van der Waals surface area contributed by atoms with Gasteiger partial charge in [0.05, 0.1) is 17.8 Å². The van der Waals surface area contributed by atoms with Crippen LogP contribution in [0.3, 0.4) is 0 Å². The van der Waals surface area contributed by atoms with Crippen molar-refractivity contribution in [2.45, 2.75) is 39.2 Å². The molecule has 3 rings (SSSR count). The summed E-state index contributed by atoms with van der Waals surface area (Å²) >= 11 is 0.